The Labute approximate surface area is 83.0 Å². The quantitative estimate of drug-likeness (QED) is 0.723. The molecule has 1 atom stereocenters. The number of hydrogen-bond acceptors (Lipinski definition) is 5. The second-order valence-electron chi connectivity index (χ2n) is 3.06. The van der Waals surface area contributed by atoms with E-state index in [1.165, 1.54) is 6.20 Å². The Hall–Kier alpha value is -1.67. The molecule has 5 nitrogen and oxygen atoms in total. The molecule has 0 saturated carbocycles. The van der Waals surface area contributed by atoms with Crippen LogP contribution in [0.1, 0.15) is 19.0 Å². The maximum Gasteiger partial charge on any atom is 0.182 e. The first kappa shape index (κ1) is 10.4. The van der Waals surface area contributed by atoms with Crippen LogP contribution in [0.25, 0.3) is 0 Å². The van der Waals surface area contributed by atoms with Crippen molar-refractivity contribution < 1.29 is 0 Å². The smallest absolute Gasteiger partial charge is 0.182 e. The van der Waals surface area contributed by atoms with Crippen LogP contribution in [0.4, 0.5) is 5.82 Å². The van der Waals surface area contributed by atoms with Gasteiger partial charge in [0.1, 0.15) is 6.07 Å². The summed E-state index contributed by atoms with van der Waals surface area (Å²) in [5.74, 6) is 0.524. The molecule has 0 amide bonds. The number of nitriles is 1. The second-order valence-corrected chi connectivity index (χ2v) is 3.06. The van der Waals surface area contributed by atoms with Crippen molar-refractivity contribution in [2.75, 3.05) is 11.9 Å². The van der Waals surface area contributed by atoms with Crippen molar-refractivity contribution >= 4 is 5.82 Å². The van der Waals surface area contributed by atoms with Crippen molar-refractivity contribution in [1.82, 2.24) is 9.97 Å². The van der Waals surface area contributed by atoms with Crippen LogP contribution in [0.2, 0.25) is 0 Å². The normalized spacial score (nSPS) is 11.8. The van der Waals surface area contributed by atoms with Gasteiger partial charge in [0, 0.05) is 25.0 Å². The second kappa shape index (κ2) is 5.14. The maximum absolute atomic E-state index is 8.71. The van der Waals surface area contributed by atoms with Gasteiger partial charge in [-0.05, 0) is 13.3 Å². The summed E-state index contributed by atoms with van der Waals surface area (Å²) >= 11 is 0. The molecule has 0 spiro atoms. The molecule has 1 aromatic rings. The fourth-order valence-corrected chi connectivity index (χ4v) is 0.967. The molecule has 1 unspecified atom stereocenters. The topological polar surface area (TPSA) is 87.6 Å². The van der Waals surface area contributed by atoms with Crippen molar-refractivity contribution in [3.05, 3.63) is 18.1 Å². The lowest BCUT2D eigenvalue weighted by Gasteiger charge is -2.07. The molecule has 0 aliphatic carbocycles. The monoisotopic (exact) mass is 191 g/mol. The van der Waals surface area contributed by atoms with E-state index in [1.807, 2.05) is 13.0 Å². The van der Waals surface area contributed by atoms with E-state index in [9.17, 15) is 0 Å². The Morgan fingerprint density at radius 2 is 2.29 bits per heavy atom. The van der Waals surface area contributed by atoms with Gasteiger partial charge < -0.3 is 11.1 Å². The van der Waals surface area contributed by atoms with Crippen molar-refractivity contribution in [1.29, 1.82) is 5.26 Å². The van der Waals surface area contributed by atoms with Gasteiger partial charge in [0.05, 0.1) is 0 Å². The van der Waals surface area contributed by atoms with E-state index >= 15 is 0 Å². The number of aromatic nitrogens is 2. The van der Waals surface area contributed by atoms with E-state index in [0.717, 1.165) is 6.42 Å². The summed E-state index contributed by atoms with van der Waals surface area (Å²) in [4.78, 5) is 7.89. The fourth-order valence-electron chi connectivity index (χ4n) is 0.967. The van der Waals surface area contributed by atoms with Crippen LogP contribution < -0.4 is 11.1 Å². The molecule has 0 radical (unpaired) electrons. The Kier molecular flexibility index (Phi) is 3.83. The maximum atomic E-state index is 8.71. The molecule has 5 heteroatoms. The van der Waals surface area contributed by atoms with Gasteiger partial charge in [-0.1, -0.05) is 0 Å². The molecule has 1 rings (SSSR count). The number of nitrogens with one attached hydrogen (secondary N) is 1. The SMILES string of the molecule is CC(N)CCNc1nccnc1C#N. The zero-order valence-electron chi connectivity index (χ0n) is 8.07. The van der Waals surface area contributed by atoms with Gasteiger partial charge in [0.15, 0.2) is 11.5 Å². The van der Waals surface area contributed by atoms with Crippen molar-refractivity contribution in [3.63, 3.8) is 0 Å². The molecule has 0 bridgehead atoms. The molecule has 74 valence electrons. The first-order valence-corrected chi connectivity index (χ1v) is 4.44. The first-order valence-electron chi connectivity index (χ1n) is 4.44. The minimum Gasteiger partial charge on any atom is -0.368 e. The highest BCUT2D eigenvalue weighted by molar-refractivity contribution is 5.46. The summed E-state index contributed by atoms with van der Waals surface area (Å²) in [5.41, 5.74) is 5.90. The van der Waals surface area contributed by atoms with Gasteiger partial charge in [-0.15, -0.1) is 0 Å². The lowest BCUT2D eigenvalue weighted by molar-refractivity contribution is 0.689. The largest absolute Gasteiger partial charge is 0.368 e. The van der Waals surface area contributed by atoms with Gasteiger partial charge in [-0.2, -0.15) is 5.26 Å². The Morgan fingerprint density at radius 3 is 2.93 bits per heavy atom. The van der Waals surface area contributed by atoms with Crippen LogP contribution >= 0.6 is 0 Å². The van der Waals surface area contributed by atoms with E-state index in [2.05, 4.69) is 15.3 Å². The zero-order valence-corrected chi connectivity index (χ0v) is 8.07. The first-order chi connectivity index (χ1) is 6.74. The lowest BCUT2D eigenvalue weighted by atomic mass is 10.2. The summed E-state index contributed by atoms with van der Waals surface area (Å²) in [6, 6.07) is 2.11. The number of nitrogens with two attached hydrogens (primary N) is 1. The van der Waals surface area contributed by atoms with Crippen LogP contribution in [0.5, 0.6) is 0 Å². The van der Waals surface area contributed by atoms with Gasteiger partial charge in [-0.3, -0.25) is 0 Å². The minimum absolute atomic E-state index is 0.143. The number of rotatable bonds is 4. The highest BCUT2D eigenvalue weighted by Gasteiger charge is 2.02. The molecule has 1 heterocycles. The number of hydrogen-bond donors (Lipinski definition) is 2. The average molecular weight is 191 g/mol. The highest BCUT2D eigenvalue weighted by atomic mass is 15.0. The molecule has 1 aromatic heterocycles. The predicted molar refractivity (Wildman–Crippen MR) is 53.5 cm³/mol. The van der Waals surface area contributed by atoms with Crippen LogP contribution in [0.15, 0.2) is 12.4 Å². The molecule has 3 N–H and O–H groups in total. The van der Waals surface area contributed by atoms with E-state index in [-0.39, 0.29) is 6.04 Å². The van der Waals surface area contributed by atoms with E-state index < -0.39 is 0 Å². The van der Waals surface area contributed by atoms with E-state index in [4.69, 9.17) is 11.0 Å². The van der Waals surface area contributed by atoms with Crippen molar-refractivity contribution in [2.24, 2.45) is 5.73 Å². The minimum atomic E-state index is 0.143. The molecule has 0 aliphatic heterocycles. The van der Waals surface area contributed by atoms with E-state index in [0.29, 0.717) is 18.1 Å². The molecular formula is C9H13N5. The Balaban J connectivity index is 2.54. The zero-order chi connectivity index (χ0) is 10.4. The molecule has 0 fully saturated rings. The van der Waals surface area contributed by atoms with Gasteiger partial charge in [-0.25, -0.2) is 9.97 Å². The number of anilines is 1. The van der Waals surface area contributed by atoms with Crippen molar-refractivity contribution in [3.8, 4) is 6.07 Å². The molecule has 0 saturated heterocycles. The molecule has 14 heavy (non-hydrogen) atoms. The van der Waals surface area contributed by atoms with Crippen LogP contribution in [-0.4, -0.2) is 22.6 Å². The van der Waals surface area contributed by atoms with Gasteiger partial charge in [0.25, 0.3) is 0 Å². The third-order valence-corrected chi connectivity index (χ3v) is 1.70. The standard InChI is InChI=1S/C9H13N5/c1-7(11)2-3-13-9-8(6-10)12-4-5-14-9/h4-5,7H,2-3,11H2,1H3,(H,13,14). The van der Waals surface area contributed by atoms with Gasteiger partial charge in [0.2, 0.25) is 0 Å². The van der Waals surface area contributed by atoms with Crippen LogP contribution in [-0.2, 0) is 0 Å². The molecular weight excluding hydrogens is 178 g/mol. The van der Waals surface area contributed by atoms with E-state index in [1.54, 1.807) is 6.20 Å². The highest BCUT2D eigenvalue weighted by Crippen LogP contribution is 2.05. The fraction of sp³-hybridized carbons (Fsp3) is 0.444. The third-order valence-electron chi connectivity index (χ3n) is 1.70. The predicted octanol–water partition coefficient (Wildman–Crippen LogP) is 0.497. The summed E-state index contributed by atoms with van der Waals surface area (Å²) < 4.78 is 0. The lowest BCUT2D eigenvalue weighted by Crippen LogP contribution is -2.19. The summed E-state index contributed by atoms with van der Waals surface area (Å²) in [6.45, 7) is 2.63. The third kappa shape index (κ3) is 2.99. The molecule has 0 aliphatic rings. The van der Waals surface area contributed by atoms with Gasteiger partial charge >= 0.3 is 0 Å². The summed E-state index contributed by atoms with van der Waals surface area (Å²) in [5, 5.41) is 11.7. The van der Waals surface area contributed by atoms with Crippen LogP contribution in [0.3, 0.4) is 0 Å². The van der Waals surface area contributed by atoms with Crippen molar-refractivity contribution in [2.45, 2.75) is 19.4 Å². The Bertz CT molecular complexity index is 328. The number of nitrogens with zero attached hydrogens (tertiary/aromatic N) is 3. The summed E-state index contributed by atoms with van der Waals surface area (Å²) in [6.07, 6.45) is 3.88. The summed E-state index contributed by atoms with van der Waals surface area (Å²) in [7, 11) is 0. The Morgan fingerprint density at radius 1 is 1.57 bits per heavy atom. The average Bonchev–Trinajstić information content (AvgIpc) is 2.18. The van der Waals surface area contributed by atoms with Crippen LogP contribution in [0, 0.1) is 11.3 Å². The molecule has 0 aromatic carbocycles.